The highest BCUT2D eigenvalue weighted by Crippen LogP contribution is 2.32. The van der Waals surface area contributed by atoms with Crippen LogP contribution in [0.3, 0.4) is 0 Å². The molecule has 0 unspecified atom stereocenters. The number of benzene rings is 1. The number of aryl methyl sites for hydroxylation is 1. The van der Waals surface area contributed by atoms with E-state index in [1.54, 1.807) is 11.3 Å². The average Bonchev–Trinajstić information content (AvgIpc) is 2.81. The van der Waals surface area contributed by atoms with Gasteiger partial charge in [0.15, 0.2) is 5.13 Å². The third kappa shape index (κ3) is 2.97. The molecule has 0 atom stereocenters. The van der Waals surface area contributed by atoms with Crippen molar-refractivity contribution in [3.63, 3.8) is 0 Å². The molecule has 0 spiro atoms. The summed E-state index contributed by atoms with van der Waals surface area (Å²) >= 11 is 1.77. The standard InChI is InChI=1S/C17H23N3S/c1-12(2)16-15(10-18)21-17(19-16)20-9-5-8-13-6-3-4-7-14(13)11-20/h3-4,6-7,12H,5,8-11,18H2,1-2H3. The van der Waals surface area contributed by atoms with E-state index in [9.17, 15) is 0 Å². The van der Waals surface area contributed by atoms with E-state index in [1.165, 1.54) is 34.5 Å². The number of hydrogen-bond donors (Lipinski definition) is 1. The van der Waals surface area contributed by atoms with Crippen molar-refractivity contribution in [2.75, 3.05) is 11.4 Å². The van der Waals surface area contributed by atoms with Crippen LogP contribution in [0.1, 0.15) is 47.9 Å². The number of anilines is 1. The van der Waals surface area contributed by atoms with Gasteiger partial charge in [0.05, 0.1) is 5.69 Å². The Kier molecular flexibility index (Phi) is 4.27. The molecule has 2 N–H and O–H groups in total. The molecule has 3 rings (SSSR count). The molecule has 1 aliphatic heterocycles. The van der Waals surface area contributed by atoms with E-state index in [-0.39, 0.29) is 0 Å². The first-order valence-electron chi connectivity index (χ1n) is 7.70. The van der Waals surface area contributed by atoms with Gasteiger partial charge in [0.2, 0.25) is 0 Å². The van der Waals surface area contributed by atoms with Crippen molar-refractivity contribution in [1.82, 2.24) is 4.98 Å². The van der Waals surface area contributed by atoms with Gasteiger partial charge in [-0.3, -0.25) is 0 Å². The molecule has 4 heteroatoms. The van der Waals surface area contributed by atoms with Crippen LogP contribution in [0.5, 0.6) is 0 Å². The highest BCUT2D eigenvalue weighted by molar-refractivity contribution is 7.15. The second-order valence-corrected chi connectivity index (χ2v) is 7.02. The first-order chi connectivity index (χ1) is 10.2. The molecular weight excluding hydrogens is 278 g/mol. The van der Waals surface area contributed by atoms with Crippen LogP contribution in [0.2, 0.25) is 0 Å². The Hall–Kier alpha value is -1.39. The molecule has 0 saturated carbocycles. The lowest BCUT2D eigenvalue weighted by molar-refractivity contribution is 0.752. The Balaban J connectivity index is 1.90. The molecule has 0 amide bonds. The van der Waals surface area contributed by atoms with Crippen LogP contribution in [0, 0.1) is 0 Å². The van der Waals surface area contributed by atoms with E-state index in [2.05, 4.69) is 43.0 Å². The first kappa shape index (κ1) is 14.5. The molecule has 1 aromatic carbocycles. The molecular formula is C17H23N3S. The minimum Gasteiger partial charge on any atom is -0.344 e. The molecule has 0 bridgehead atoms. The molecule has 21 heavy (non-hydrogen) atoms. The predicted octanol–water partition coefficient (Wildman–Crippen LogP) is 3.68. The van der Waals surface area contributed by atoms with Gasteiger partial charge >= 0.3 is 0 Å². The molecule has 112 valence electrons. The van der Waals surface area contributed by atoms with Gasteiger partial charge in [-0.2, -0.15) is 0 Å². The summed E-state index contributed by atoms with van der Waals surface area (Å²) in [5.74, 6) is 0.438. The third-order valence-electron chi connectivity index (χ3n) is 4.07. The van der Waals surface area contributed by atoms with Crippen LogP contribution in [0.15, 0.2) is 24.3 Å². The quantitative estimate of drug-likeness (QED) is 0.940. The maximum absolute atomic E-state index is 5.89. The summed E-state index contributed by atoms with van der Waals surface area (Å²) in [5, 5.41) is 1.14. The molecule has 2 aromatic rings. The molecule has 0 fully saturated rings. The highest BCUT2D eigenvalue weighted by atomic mass is 32.1. The van der Waals surface area contributed by atoms with Crippen LogP contribution in [0.25, 0.3) is 0 Å². The molecule has 0 aliphatic carbocycles. The number of hydrogen-bond acceptors (Lipinski definition) is 4. The number of rotatable bonds is 3. The second-order valence-electron chi connectivity index (χ2n) is 5.96. The molecule has 0 radical (unpaired) electrons. The van der Waals surface area contributed by atoms with E-state index < -0.39 is 0 Å². The van der Waals surface area contributed by atoms with Gasteiger partial charge in [0, 0.05) is 24.5 Å². The third-order valence-corrected chi connectivity index (χ3v) is 5.23. The van der Waals surface area contributed by atoms with Crippen molar-refractivity contribution in [3.8, 4) is 0 Å². The SMILES string of the molecule is CC(C)c1nc(N2CCCc3ccccc3C2)sc1CN. The van der Waals surface area contributed by atoms with Crippen molar-refractivity contribution >= 4 is 16.5 Å². The lowest BCUT2D eigenvalue weighted by Gasteiger charge is -2.19. The fraction of sp³-hybridized carbons (Fsp3) is 0.471. The maximum Gasteiger partial charge on any atom is 0.186 e. The lowest BCUT2D eigenvalue weighted by Crippen LogP contribution is -2.22. The maximum atomic E-state index is 5.89. The number of thiazole rings is 1. The van der Waals surface area contributed by atoms with Gasteiger partial charge in [-0.05, 0) is 29.9 Å². The summed E-state index contributed by atoms with van der Waals surface area (Å²) in [6, 6.07) is 8.77. The second kappa shape index (κ2) is 6.16. The Morgan fingerprint density at radius 3 is 2.71 bits per heavy atom. The summed E-state index contributed by atoms with van der Waals surface area (Å²) < 4.78 is 0. The lowest BCUT2D eigenvalue weighted by atomic mass is 10.0. The summed E-state index contributed by atoms with van der Waals surface area (Å²) in [6.07, 6.45) is 2.35. The van der Waals surface area contributed by atoms with Crippen molar-refractivity contribution in [1.29, 1.82) is 0 Å². The fourth-order valence-corrected chi connectivity index (χ4v) is 4.07. The van der Waals surface area contributed by atoms with Crippen molar-refractivity contribution in [2.24, 2.45) is 5.73 Å². The predicted molar refractivity (Wildman–Crippen MR) is 89.9 cm³/mol. The average molecular weight is 301 g/mol. The number of aromatic nitrogens is 1. The van der Waals surface area contributed by atoms with E-state index in [0.29, 0.717) is 12.5 Å². The van der Waals surface area contributed by atoms with Crippen LogP contribution in [-0.2, 0) is 19.5 Å². The van der Waals surface area contributed by atoms with Crippen molar-refractivity contribution < 1.29 is 0 Å². The topological polar surface area (TPSA) is 42.2 Å². The van der Waals surface area contributed by atoms with E-state index in [4.69, 9.17) is 10.7 Å². The normalized spacial score (nSPS) is 15.1. The minimum atomic E-state index is 0.438. The van der Waals surface area contributed by atoms with Crippen molar-refractivity contribution in [3.05, 3.63) is 46.0 Å². The van der Waals surface area contributed by atoms with Gasteiger partial charge in [0.25, 0.3) is 0 Å². The summed E-state index contributed by atoms with van der Waals surface area (Å²) in [4.78, 5) is 8.54. The van der Waals surface area contributed by atoms with Gasteiger partial charge in [-0.25, -0.2) is 4.98 Å². The van der Waals surface area contributed by atoms with Crippen molar-refractivity contribution in [2.45, 2.75) is 45.7 Å². The Bertz CT molecular complexity index is 618. The monoisotopic (exact) mass is 301 g/mol. The van der Waals surface area contributed by atoms with Gasteiger partial charge in [-0.1, -0.05) is 38.1 Å². The Morgan fingerprint density at radius 1 is 1.29 bits per heavy atom. The largest absolute Gasteiger partial charge is 0.344 e. The summed E-state index contributed by atoms with van der Waals surface area (Å²) in [7, 11) is 0. The minimum absolute atomic E-state index is 0.438. The van der Waals surface area contributed by atoms with Crippen LogP contribution in [0.4, 0.5) is 5.13 Å². The molecule has 1 aliphatic rings. The Morgan fingerprint density at radius 2 is 2.05 bits per heavy atom. The zero-order chi connectivity index (χ0) is 14.8. The molecule has 1 aromatic heterocycles. The molecule has 2 heterocycles. The zero-order valence-electron chi connectivity index (χ0n) is 12.8. The number of fused-ring (bicyclic) bond motifs is 1. The van der Waals surface area contributed by atoms with Crippen LogP contribution in [-0.4, -0.2) is 11.5 Å². The van der Waals surface area contributed by atoms with Crippen LogP contribution < -0.4 is 10.6 Å². The van der Waals surface area contributed by atoms with Gasteiger partial charge in [0.1, 0.15) is 0 Å². The summed E-state index contributed by atoms with van der Waals surface area (Å²) in [6.45, 7) is 7.01. The number of nitrogens with two attached hydrogens (primary N) is 1. The first-order valence-corrected chi connectivity index (χ1v) is 8.52. The van der Waals surface area contributed by atoms with Gasteiger partial charge in [-0.15, -0.1) is 11.3 Å². The fourth-order valence-electron chi connectivity index (χ4n) is 2.95. The van der Waals surface area contributed by atoms with Gasteiger partial charge < -0.3 is 10.6 Å². The smallest absolute Gasteiger partial charge is 0.186 e. The number of nitrogens with zero attached hydrogens (tertiary/aromatic N) is 2. The molecule has 3 nitrogen and oxygen atoms in total. The van der Waals surface area contributed by atoms with E-state index in [0.717, 1.165) is 18.2 Å². The molecule has 0 saturated heterocycles. The van der Waals surface area contributed by atoms with Crippen LogP contribution >= 0.6 is 11.3 Å². The zero-order valence-corrected chi connectivity index (χ0v) is 13.6. The summed E-state index contributed by atoms with van der Waals surface area (Å²) in [5.41, 5.74) is 9.99. The van der Waals surface area contributed by atoms with E-state index >= 15 is 0 Å². The highest BCUT2D eigenvalue weighted by Gasteiger charge is 2.20. The Labute approximate surface area is 130 Å². The van der Waals surface area contributed by atoms with E-state index in [1.807, 2.05) is 0 Å².